The molecule has 20 heavy (non-hydrogen) atoms. The van der Waals surface area contributed by atoms with E-state index in [0.717, 1.165) is 23.4 Å². The van der Waals surface area contributed by atoms with Gasteiger partial charge in [0.1, 0.15) is 0 Å². The van der Waals surface area contributed by atoms with Crippen LogP contribution >= 0.6 is 0 Å². The highest BCUT2D eigenvalue weighted by Gasteiger charge is 2.07. The van der Waals surface area contributed by atoms with Crippen molar-refractivity contribution < 1.29 is 0 Å². The number of aryl methyl sites for hydroxylation is 1. The molecule has 0 spiro atoms. The van der Waals surface area contributed by atoms with Crippen LogP contribution in [-0.2, 0) is 0 Å². The molecule has 1 aromatic heterocycles. The Morgan fingerprint density at radius 1 is 1.30 bits per heavy atom. The average molecular weight is 266 g/mol. The molecule has 0 aliphatic carbocycles. The molecular weight excluding hydrogens is 244 g/mol. The lowest BCUT2D eigenvalue weighted by Crippen LogP contribution is -2.07. The molecule has 0 saturated carbocycles. The molecule has 0 amide bonds. The lowest BCUT2D eigenvalue weighted by atomic mass is 10.0. The van der Waals surface area contributed by atoms with E-state index < -0.39 is 0 Å². The van der Waals surface area contributed by atoms with Gasteiger partial charge in [0, 0.05) is 29.3 Å². The Kier molecular flexibility index (Phi) is 4.57. The highest BCUT2D eigenvalue weighted by Crippen LogP contribution is 2.27. The summed E-state index contributed by atoms with van der Waals surface area (Å²) in [5, 5.41) is 3.46. The van der Waals surface area contributed by atoms with Crippen molar-refractivity contribution in [3.05, 3.63) is 60.6 Å². The first kappa shape index (κ1) is 14.3. The van der Waals surface area contributed by atoms with Gasteiger partial charge in [0.05, 0.1) is 0 Å². The van der Waals surface area contributed by atoms with Crippen LogP contribution in [0.4, 0.5) is 5.69 Å². The van der Waals surface area contributed by atoms with Gasteiger partial charge < -0.3 is 5.32 Å². The molecule has 2 nitrogen and oxygen atoms in total. The van der Waals surface area contributed by atoms with Gasteiger partial charge in [0.15, 0.2) is 0 Å². The number of anilines is 1. The molecule has 1 aromatic carbocycles. The van der Waals surface area contributed by atoms with E-state index >= 15 is 0 Å². The van der Waals surface area contributed by atoms with E-state index in [0.29, 0.717) is 5.92 Å². The number of hydrogen-bond acceptors (Lipinski definition) is 2. The van der Waals surface area contributed by atoms with E-state index in [4.69, 9.17) is 0 Å². The van der Waals surface area contributed by atoms with Crippen LogP contribution in [0.25, 0.3) is 11.1 Å². The molecule has 0 aliphatic rings. The molecule has 1 atom stereocenters. The van der Waals surface area contributed by atoms with Gasteiger partial charge in [-0.05, 0) is 42.5 Å². The number of allylic oxidation sites excluding steroid dienone is 1. The van der Waals surface area contributed by atoms with Crippen LogP contribution in [0.3, 0.4) is 0 Å². The lowest BCUT2D eigenvalue weighted by molar-refractivity contribution is 0.661. The predicted molar refractivity (Wildman–Crippen MR) is 86.6 cm³/mol. The molecule has 0 saturated heterocycles. The summed E-state index contributed by atoms with van der Waals surface area (Å²) in [6, 6.07) is 10.5. The summed E-state index contributed by atoms with van der Waals surface area (Å²) in [5.41, 5.74) is 5.71. The fraction of sp³-hybridized carbons (Fsp3) is 0.278. The Bertz CT molecular complexity index is 588. The first-order valence-corrected chi connectivity index (χ1v) is 7.08. The Balaban J connectivity index is 2.28. The van der Waals surface area contributed by atoms with E-state index in [1.165, 1.54) is 11.1 Å². The molecule has 2 rings (SSSR count). The Hall–Kier alpha value is -2.09. The molecule has 1 unspecified atom stereocenters. The van der Waals surface area contributed by atoms with Crippen molar-refractivity contribution in [2.45, 2.75) is 27.2 Å². The zero-order valence-corrected chi connectivity index (χ0v) is 12.5. The largest absolute Gasteiger partial charge is 0.359 e. The number of aromatic nitrogens is 1. The van der Waals surface area contributed by atoms with Crippen molar-refractivity contribution in [3.8, 4) is 11.1 Å². The summed E-state index contributed by atoms with van der Waals surface area (Å²) < 4.78 is 0. The van der Waals surface area contributed by atoms with Crippen LogP contribution in [0.5, 0.6) is 0 Å². The maximum absolute atomic E-state index is 4.18. The molecular formula is C18H22N2. The predicted octanol–water partition coefficient (Wildman–Crippen LogP) is 5.03. The minimum absolute atomic E-state index is 0.469. The van der Waals surface area contributed by atoms with Gasteiger partial charge in [-0.2, -0.15) is 0 Å². The number of rotatable bonds is 5. The average Bonchev–Trinajstić information content (AvgIpc) is 2.49. The molecule has 0 aliphatic heterocycles. The highest BCUT2D eigenvalue weighted by molar-refractivity contribution is 5.70. The number of hydrogen-bond donors (Lipinski definition) is 1. The number of nitrogens with one attached hydrogen (secondary N) is 1. The van der Waals surface area contributed by atoms with Gasteiger partial charge in [-0.1, -0.05) is 38.6 Å². The summed E-state index contributed by atoms with van der Waals surface area (Å²) in [4.78, 5) is 4.18. The van der Waals surface area contributed by atoms with Crippen molar-refractivity contribution in [3.63, 3.8) is 0 Å². The van der Waals surface area contributed by atoms with Gasteiger partial charge in [0.25, 0.3) is 0 Å². The summed E-state index contributed by atoms with van der Waals surface area (Å²) in [6.07, 6.45) is 4.77. The Labute approximate surface area is 121 Å². The zero-order valence-electron chi connectivity index (χ0n) is 12.5. The van der Waals surface area contributed by atoms with E-state index in [9.17, 15) is 0 Å². The summed E-state index contributed by atoms with van der Waals surface area (Å²) in [6.45, 7) is 10.6. The highest BCUT2D eigenvalue weighted by atomic mass is 14.9. The maximum Gasteiger partial charge on any atom is 0.0417 e. The van der Waals surface area contributed by atoms with Crippen LogP contribution < -0.4 is 5.32 Å². The molecule has 1 heterocycles. The third-order valence-electron chi connectivity index (χ3n) is 3.73. The minimum Gasteiger partial charge on any atom is -0.359 e. The number of pyridine rings is 1. The third kappa shape index (κ3) is 3.27. The van der Waals surface area contributed by atoms with Crippen molar-refractivity contribution in [2.75, 3.05) is 5.32 Å². The summed E-state index contributed by atoms with van der Waals surface area (Å²) >= 11 is 0. The van der Waals surface area contributed by atoms with Crippen LogP contribution in [0.2, 0.25) is 0 Å². The van der Waals surface area contributed by atoms with Crippen molar-refractivity contribution in [1.29, 1.82) is 0 Å². The van der Waals surface area contributed by atoms with Gasteiger partial charge in [0.2, 0.25) is 0 Å². The third-order valence-corrected chi connectivity index (χ3v) is 3.73. The maximum atomic E-state index is 4.18. The van der Waals surface area contributed by atoms with Crippen LogP contribution in [0.1, 0.15) is 25.8 Å². The molecule has 2 heteroatoms. The first-order valence-electron chi connectivity index (χ1n) is 7.08. The SMILES string of the molecule is C=C(Nc1cc(-c2cccnc2)ccc1C)C(C)CC. The van der Waals surface area contributed by atoms with Crippen LogP contribution in [-0.4, -0.2) is 4.98 Å². The Morgan fingerprint density at radius 3 is 2.75 bits per heavy atom. The normalized spacial score (nSPS) is 11.9. The molecule has 2 aromatic rings. The van der Waals surface area contributed by atoms with Crippen LogP contribution in [0, 0.1) is 12.8 Å². The van der Waals surface area contributed by atoms with Crippen molar-refractivity contribution >= 4 is 5.69 Å². The summed E-state index contributed by atoms with van der Waals surface area (Å²) in [5.74, 6) is 0.469. The van der Waals surface area contributed by atoms with E-state index in [2.05, 4.69) is 61.9 Å². The topological polar surface area (TPSA) is 24.9 Å². The molecule has 104 valence electrons. The summed E-state index contributed by atoms with van der Waals surface area (Å²) in [7, 11) is 0. The number of nitrogens with zero attached hydrogens (tertiary/aromatic N) is 1. The van der Waals surface area contributed by atoms with Gasteiger partial charge in [-0.15, -0.1) is 0 Å². The van der Waals surface area contributed by atoms with Gasteiger partial charge in [-0.25, -0.2) is 0 Å². The second kappa shape index (κ2) is 6.38. The fourth-order valence-corrected chi connectivity index (χ4v) is 2.01. The smallest absolute Gasteiger partial charge is 0.0417 e. The van der Waals surface area contributed by atoms with Gasteiger partial charge in [-0.3, -0.25) is 4.98 Å². The number of benzene rings is 1. The second-order valence-corrected chi connectivity index (χ2v) is 5.23. The minimum atomic E-state index is 0.469. The quantitative estimate of drug-likeness (QED) is 0.821. The van der Waals surface area contributed by atoms with E-state index in [1.54, 1.807) is 6.20 Å². The monoisotopic (exact) mass is 266 g/mol. The van der Waals surface area contributed by atoms with E-state index in [-0.39, 0.29) is 0 Å². The Morgan fingerprint density at radius 2 is 2.10 bits per heavy atom. The molecule has 0 bridgehead atoms. The zero-order chi connectivity index (χ0) is 14.5. The first-order chi connectivity index (χ1) is 9.61. The second-order valence-electron chi connectivity index (χ2n) is 5.23. The lowest BCUT2D eigenvalue weighted by Gasteiger charge is -2.17. The van der Waals surface area contributed by atoms with E-state index in [1.807, 2.05) is 12.3 Å². The van der Waals surface area contributed by atoms with Crippen LogP contribution in [0.15, 0.2) is 55.0 Å². The van der Waals surface area contributed by atoms with Crippen molar-refractivity contribution in [1.82, 2.24) is 4.98 Å². The van der Waals surface area contributed by atoms with Crippen molar-refractivity contribution in [2.24, 2.45) is 5.92 Å². The standard InChI is InChI=1S/C18H22N2/c1-5-13(2)15(4)20-18-11-16(9-8-14(18)3)17-7-6-10-19-12-17/h6-13,20H,4-5H2,1-3H3. The molecule has 1 N–H and O–H groups in total. The van der Waals surface area contributed by atoms with Gasteiger partial charge >= 0.3 is 0 Å². The molecule has 0 radical (unpaired) electrons. The fourth-order valence-electron chi connectivity index (χ4n) is 2.01. The molecule has 0 fully saturated rings.